The minimum Gasteiger partial charge on any atom is -0.381 e. The highest BCUT2D eigenvalue weighted by Crippen LogP contribution is 2.36. The Balaban J connectivity index is 1.32. The lowest BCUT2D eigenvalue weighted by Crippen LogP contribution is -2.49. The molecule has 10 nitrogen and oxygen atoms in total. The van der Waals surface area contributed by atoms with Crippen molar-refractivity contribution in [3.05, 3.63) is 60.6 Å². The van der Waals surface area contributed by atoms with Gasteiger partial charge in [0.2, 0.25) is 10.0 Å². The maximum Gasteiger partial charge on any atom is 0.240 e. The largest absolute Gasteiger partial charge is 0.381 e. The molecule has 0 atom stereocenters. The first-order chi connectivity index (χ1) is 16.5. The first kappa shape index (κ1) is 22.1. The molecule has 3 aromatic heterocycles. The highest BCUT2D eigenvalue weighted by Gasteiger charge is 2.33. The van der Waals surface area contributed by atoms with Crippen LogP contribution in [0.2, 0.25) is 0 Å². The van der Waals surface area contributed by atoms with E-state index in [-0.39, 0.29) is 17.0 Å². The van der Waals surface area contributed by atoms with E-state index in [1.807, 2.05) is 30.6 Å². The summed E-state index contributed by atoms with van der Waals surface area (Å²) < 4.78 is 30.0. The summed E-state index contributed by atoms with van der Waals surface area (Å²) in [6.07, 6.45) is 6.78. The van der Waals surface area contributed by atoms with Crippen molar-refractivity contribution in [1.82, 2.24) is 24.5 Å². The van der Waals surface area contributed by atoms with Gasteiger partial charge >= 0.3 is 0 Å². The molecule has 1 aromatic carbocycles. The molecular formula is C23H24N8O2S. The lowest BCUT2D eigenvalue weighted by Gasteiger charge is -2.37. The summed E-state index contributed by atoms with van der Waals surface area (Å²) >= 11 is 0. The molecule has 0 saturated heterocycles. The molecule has 1 saturated carbocycles. The highest BCUT2D eigenvalue weighted by molar-refractivity contribution is 7.89. The maximum atomic E-state index is 12.7. The molecule has 0 bridgehead atoms. The van der Waals surface area contributed by atoms with E-state index in [0.717, 1.165) is 28.0 Å². The number of aromatic nitrogens is 4. The van der Waals surface area contributed by atoms with Crippen molar-refractivity contribution >= 4 is 26.7 Å². The number of H-pyrrole nitrogens is 1. The van der Waals surface area contributed by atoms with Crippen molar-refractivity contribution in [2.75, 3.05) is 11.9 Å². The number of hydrogen-bond donors (Lipinski definition) is 4. The second-order valence-corrected chi connectivity index (χ2v) is 10.0. The molecule has 1 aliphatic rings. The van der Waals surface area contributed by atoms with Crippen LogP contribution in [-0.4, -0.2) is 46.8 Å². The molecular weight excluding hydrogens is 452 g/mol. The molecule has 0 aliphatic heterocycles. The van der Waals surface area contributed by atoms with Crippen molar-refractivity contribution < 1.29 is 8.42 Å². The lowest BCUT2D eigenvalue weighted by atomic mass is 9.87. The normalized spacial score (nSPS) is 17.9. The minimum absolute atomic E-state index is 0.0866. The van der Waals surface area contributed by atoms with Crippen LogP contribution in [0.15, 0.2) is 59.9 Å². The number of sulfonamides is 1. The van der Waals surface area contributed by atoms with E-state index < -0.39 is 10.0 Å². The number of nitrogens with two attached hydrogens (primary N) is 1. The molecule has 174 valence electrons. The van der Waals surface area contributed by atoms with E-state index in [1.54, 1.807) is 23.0 Å². The number of aromatic amines is 1. The summed E-state index contributed by atoms with van der Waals surface area (Å²) in [7, 11) is -3.70. The monoisotopic (exact) mass is 476 g/mol. The van der Waals surface area contributed by atoms with Crippen LogP contribution in [0, 0.1) is 11.3 Å². The van der Waals surface area contributed by atoms with Gasteiger partial charge in [-0.05, 0) is 43.2 Å². The Morgan fingerprint density at radius 1 is 1.24 bits per heavy atom. The quantitative estimate of drug-likeness (QED) is 0.304. The van der Waals surface area contributed by atoms with Crippen LogP contribution >= 0.6 is 0 Å². The van der Waals surface area contributed by atoms with Gasteiger partial charge in [0.05, 0.1) is 34.5 Å². The fraction of sp³-hybridized carbons (Fsp3) is 0.261. The minimum atomic E-state index is -3.70. The SMILES string of the molecule is N#Cc1cccc(S(=O)(=O)NC2CC(Nc3c(-c4ccn(CCN)n4)cnc4[nH]ccc34)C2)c1. The fourth-order valence-electron chi connectivity index (χ4n) is 4.18. The zero-order chi connectivity index (χ0) is 23.7. The zero-order valence-corrected chi connectivity index (χ0v) is 19.1. The molecule has 0 amide bonds. The molecule has 34 heavy (non-hydrogen) atoms. The maximum absolute atomic E-state index is 12.7. The number of nitrogens with zero attached hydrogens (tertiary/aromatic N) is 4. The molecule has 1 fully saturated rings. The second kappa shape index (κ2) is 8.90. The number of rotatable bonds is 8. The number of benzene rings is 1. The lowest BCUT2D eigenvalue weighted by molar-refractivity contribution is 0.346. The van der Waals surface area contributed by atoms with Gasteiger partial charge in [-0.3, -0.25) is 4.68 Å². The fourth-order valence-corrected chi connectivity index (χ4v) is 5.48. The van der Waals surface area contributed by atoms with Gasteiger partial charge in [-0.25, -0.2) is 18.1 Å². The van der Waals surface area contributed by atoms with Crippen molar-refractivity contribution in [1.29, 1.82) is 5.26 Å². The van der Waals surface area contributed by atoms with Crippen molar-refractivity contribution in [3.63, 3.8) is 0 Å². The second-order valence-electron chi connectivity index (χ2n) is 8.31. The number of pyridine rings is 1. The Morgan fingerprint density at radius 3 is 2.88 bits per heavy atom. The third-order valence-corrected chi connectivity index (χ3v) is 7.46. The van der Waals surface area contributed by atoms with E-state index in [1.165, 1.54) is 12.1 Å². The van der Waals surface area contributed by atoms with E-state index in [9.17, 15) is 8.42 Å². The third-order valence-electron chi connectivity index (χ3n) is 5.94. The Hall–Kier alpha value is -3.72. The van der Waals surface area contributed by atoms with E-state index in [4.69, 9.17) is 11.0 Å². The van der Waals surface area contributed by atoms with Gasteiger partial charge in [0, 0.05) is 48.2 Å². The van der Waals surface area contributed by atoms with Crippen molar-refractivity contribution in [2.45, 2.75) is 36.4 Å². The molecule has 5 N–H and O–H groups in total. The molecule has 5 rings (SSSR count). The molecule has 11 heteroatoms. The van der Waals surface area contributed by atoms with Gasteiger partial charge in [-0.1, -0.05) is 6.07 Å². The van der Waals surface area contributed by atoms with Crippen LogP contribution < -0.4 is 15.8 Å². The number of hydrogen-bond acceptors (Lipinski definition) is 7. The number of anilines is 1. The van der Waals surface area contributed by atoms with E-state index >= 15 is 0 Å². The number of fused-ring (bicyclic) bond motifs is 1. The van der Waals surface area contributed by atoms with E-state index in [0.29, 0.717) is 31.5 Å². The van der Waals surface area contributed by atoms with Crippen molar-refractivity contribution in [3.8, 4) is 17.3 Å². The Labute approximate surface area is 196 Å². The van der Waals surface area contributed by atoms with Gasteiger partial charge in [0.25, 0.3) is 0 Å². The highest BCUT2D eigenvalue weighted by atomic mass is 32.2. The van der Waals surface area contributed by atoms with Gasteiger partial charge in [-0.2, -0.15) is 10.4 Å². The van der Waals surface area contributed by atoms with Crippen LogP contribution in [0.3, 0.4) is 0 Å². The summed E-state index contributed by atoms with van der Waals surface area (Å²) in [5, 5.41) is 18.2. The third kappa shape index (κ3) is 4.26. The Kier molecular flexibility index (Phi) is 5.79. The molecule has 4 aromatic rings. The van der Waals surface area contributed by atoms with Crippen LogP contribution in [0.5, 0.6) is 0 Å². The summed E-state index contributed by atoms with van der Waals surface area (Å²) in [6, 6.07) is 11.8. The Bertz CT molecular complexity index is 1480. The summed E-state index contributed by atoms with van der Waals surface area (Å²) in [5.74, 6) is 0. The average Bonchev–Trinajstić information content (AvgIpc) is 3.47. The topological polar surface area (TPSA) is 155 Å². The summed E-state index contributed by atoms with van der Waals surface area (Å²) in [4.78, 5) is 7.74. The summed E-state index contributed by atoms with van der Waals surface area (Å²) in [5.41, 5.74) is 9.30. The summed E-state index contributed by atoms with van der Waals surface area (Å²) in [6.45, 7) is 1.13. The van der Waals surface area contributed by atoms with Gasteiger partial charge in [-0.15, -0.1) is 0 Å². The molecule has 3 heterocycles. The van der Waals surface area contributed by atoms with Gasteiger partial charge in [0.15, 0.2) is 0 Å². The van der Waals surface area contributed by atoms with Crippen molar-refractivity contribution in [2.24, 2.45) is 5.73 Å². The molecule has 0 unspecified atom stereocenters. The standard InChI is InChI=1S/C23H24N8O2S/c24-6-9-31-8-5-21(29-31)20-14-27-23-19(4-7-26-23)22(20)28-16-11-17(12-16)30-34(32,33)18-3-1-2-15(10-18)13-25/h1-5,7-8,10,14,16-17,30H,6,9,11-12,24H2,(H2,26,27,28). The number of nitriles is 1. The van der Waals surface area contributed by atoms with Crippen LogP contribution in [-0.2, 0) is 16.6 Å². The molecule has 0 radical (unpaired) electrons. The number of nitrogens with one attached hydrogen (secondary N) is 3. The molecule has 0 spiro atoms. The molecule has 1 aliphatic carbocycles. The average molecular weight is 477 g/mol. The predicted molar refractivity (Wildman–Crippen MR) is 128 cm³/mol. The van der Waals surface area contributed by atoms with Crippen LogP contribution in [0.4, 0.5) is 5.69 Å². The van der Waals surface area contributed by atoms with Crippen LogP contribution in [0.1, 0.15) is 18.4 Å². The van der Waals surface area contributed by atoms with Gasteiger partial charge < -0.3 is 16.0 Å². The first-order valence-corrected chi connectivity index (χ1v) is 12.4. The van der Waals surface area contributed by atoms with Gasteiger partial charge in [0.1, 0.15) is 5.65 Å². The van der Waals surface area contributed by atoms with E-state index in [2.05, 4.69) is 25.1 Å². The first-order valence-electron chi connectivity index (χ1n) is 11.0. The van der Waals surface area contributed by atoms with Crippen LogP contribution in [0.25, 0.3) is 22.3 Å². The Morgan fingerprint density at radius 2 is 2.09 bits per heavy atom. The smallest absolute Gasteiger partial charge is 0.240 e. The predicted octanol–water partition coefficient (Wildman–Crippen LogP) is 2.18. The zero-order valence-electron chi connectivity index (χ0n) is 18.3.